The van der Waals surface area contributed by atoms with Crippen molar-refractivity contribution in [1.29, 1.82) is 0 Å². The summed E-state index contributed by atoms with van der Waals surface area (Å²) in [4.78, 5) is 0. The lowest BCUT2D eigenvalue weighted by molar-refractivity contribution is 0.478. The van der Waals surface area contributed by atoms with E-state index in [0.29, 0.717) is 0 Å². The first kappa shape index (κ1) is 20.0. The zero-order valence-corrected chi connectivity index (χ0v) is 16.6. The molecule has 0 heteroatoms. The molecule has 0 bridgehead atoms. The Morgan fingerprint density at radius 2 is 1.28 bits per heavy atom. The summed E-state index contributed by atoms with van der Waals surface area (Å²) in [6.07, 6.45) is 16.9. The smallest absolute Gasteiger partial charge is 0.0152 e. The predicted octanol–water partition coefficient (Wildman–Crippen LogP) is 8.33. The second kappa shape index (κ2) is 12.1. The summed E-state index contributed by atoms with van der Waals surface area (Å²) in [5, 5.41) is 2.83. The van der Waals surface area contributed by atoms with E-state index in [1.807, 2.05) is 0 Å². The summed E-state index contributed by atoms with van der Waals surface area (Å²) in [5.74, 6) is 0.792. The van der Waals surface area contributed by atoms with Crippen LogP contribution in [0.3, 0.4) is 0 Å². The van der Waals surface area contributed by atoms with Crippen molar-refractivity contribution in [1.82, 2.24) is 0 Å². The van der Waals surface area contributed by atoms with Gasteiger partial charge in [-0.2, -0.15) is 0 Å². The van der Waals surface area contributed by atoms with Gasteiger partial charge in [-0.3, -0.25) is 0 Å². The maximum atomic E-state index is 2.43. The minimum Gasteiger partial charge on any atom is -0.0654 e. The van der Waals surface area contributed by atoms with E-state index in [4.69, 9.17) is 0 Å². The van der Waals surface area contributed by atoms with Crippen molar-refractivity contribution in [2.75, 3.05) is 0 Å². The quantitative estimate of drug-likeness (QED) is 0.322. The molecule has 0 nitrogen and oxygen atoms in total. The van der Waals surface area contributed by atoms with Crippen LogP contribution >= 0.6 is 0 Å². The van der Waals surface area contributed by atoms with E-state index in [1.165, 1.54) is 93.4 Å². The second-order valence-electron chi connectivity index (χ2n) is 7.92. The molecular formula is C25H38. The molecule has 0 saturated heterocycles. The fourth-order valence-corrected chi connectivity index (χ4v) is 3.93. The molecule has 0 N–H and O–H groups in total. The van der Waals surface area contributed by atoms with E-state index in [-0.39, 0.29) is 0 Å². The molecule has 0 radical (unpaired) electrons. The Hall–Kier alpha value is -1.30. The average molecular weight is 339 g/mol. The van der Waals surface area contributed by atoms with Gasteiger partial charge in [-0.1, -0.05) is 127 Å². The van der Waals surface area contributed by atoms with Gasteiger partial charge in [0.05, 0.1) is 0 Å². The molecule has 138 valence electrons. The van der Waals surface area contributed by atoms with E-state index >= 15 is 0 Å². The van der Waals surface area contributed by atoms with Gasteiger partial charge in [0.25, 0.3) is 0 Å². The minimum atomic E-state index is 0.792. The number of unbranched alkanes of at least 4 members (excludes halogenated alkanes) is 9. The lowest BCUT2D eigenvalue weighted by Gasteiger charge is -2.13. The first-order valence-corrected chi connectivity index (χ1v) is 10.8. The number of rotatable bonds is 13. The first-order chi connectivity index (χ1) is 12.3. The Balaban J connectivity index is 1.57. The molecule has 0 aliphatic carbocycles. The molecular weight excluding hydrogens is 300 g/mol. The molecule has 0 amide bonds. The summed E-state index contributed by atoms with van der Waals surface area (Å²) < 4.78 is 0. The molecule has 0 saturated carbocycles. The summed E-state index contributed by atoms with van der Waals surface area (Å²) in [6.45, 7) is 4.72. The van der Waals surface area contributed by atoms with Crippen LogP contribution in [0.15, 0.2) is 42.5 Å². The van der Waals surface area contributed by atoms with Gasteiger partial charge in [-0.25, -0.2) is 0 Å². The highest BCUT2D eigenvalue weighted by atomic mass is 14.1. The van der Waals surface area contributed by atoms with E-state index in [0.717, 1.165) is 5.92 Å². The SMILES string of the molecule is CCCCCCCCCCCCC(C)Cc1cccc2ccccc12. The highest BCUT2D eigenvalue weighted by Crippen LogP contribution is 2.23. The molecule has 25 heavy (non-hydrogen) atoms. The van der Waals surface area contributed by atoms with Crippen LogP contribution in [0.1, 0.15) is 90.0 Å². The Morgan fingerprint density at radius 3 is 2.00 bits per heavy atom. The van der Waals surface area contributed by atoms with Crippen LogP contribution in [0.2, 0.25) is 0 Å². The second-order valence-corrected chi connectivity index (χ2v) is 7.92. The average Bonchev–Trinajstić information content (AvgIpc) is 2.63. The highest BCUT2D eigenvalue weighted by molar-refractivity contribution is 5.85. The normalized spacial score (nSPS) is 12.6. The van der Waals surface area contributed by atoms with Crippen LogP contribution in [0, 0.1) is 5.92 Å². The third-order valence-corrected chi connectivity index (χ3v) is 5.50. The fraction of sp³-hybridized carbons (Fsp3) is 0.600. The zero-order valence-electron chi connectivity index (χ0n) is 16.6. The van der Waals surface area contributed by atoms with E-state index in [2.05, 4.69) is 56.3 Å². The van der Waals surface area contributed by atoms with Gasteiger partial charge in [0.15, 0.2) is 0 Å². The molecule has 2 aromatic carbocycles. The summed E-state index contributed by atoms with van der Waals surface area (Å²) in [5.41, 5.74) is 1.53. The van der Waals surface area contributed by atoms with E-state index < -0.39 is 0 Å². The van der Waals surface area contributed by atoms with Crippen molar-refractivity contribution in [3.8, 4) is 0 Å². The monoisotopic (exact) mass is 338 g/mol. The molecule has 2 rings (SSSR count). The largest absolute Gasteiger partial charge is 0.0654 e. The molecule has 2 aromatic rings. The maximum Gasteiger partial charge on any atom is -0.0152 e. The van der Waals surface area contributed by atoms with Crippen LogP contribution in [0.25, 0.3) is 10.8 Å². The first-order valence-electron chi connectivity index (χ1n) is 10.8. The highest BCUT2D eigenvalue weighted by Gasteiger charge is 2.06. The van der Waals surface area contributed by atoms with Crippen molar-refractivity contribution >= 4 is 10.8 Å². The lowest BCUT2D eigenvalue weighted by Crippen LogP contribution is -2.00. The van der Waals surface area contributed by atoms with Gasteiger partial charge in [-0.05, 0) is 28.7 Å². The standard InChI is InChI=1S/C25H38/c1-3-4-5-6-7-8-9-10-11-12-16-22(2)21-24-19-15-18-23-17-13-14-20-25(23)24/h13-15,17-20,22H,3-12,16,21H2,1-2H3. The van der Waals surface area contributed by atoms with Gasteiger partial charge >= 0.3 is 0 Å². The van der Waals surface area contributed by atoms with Gasteiger partial charge < -0.3 is 0 Å². The van der Waals surface area contributed by atoms with Crippen molar-refractivity contribution in [3.05, 3.63) is 48.0 Å². The third kappa shape index (κ3) is 7.63. The molecule has 0 spiro atoms. The van der Waals surface area contributed by atoms with Crippen LogP contribution < -0.4 is 0 Å². The van der Waals surface area contributed by atoms with Gasteiger partial charge in [-0.15, -0.1) is 0 Å². The van der Waals surface area contributed by atoms with Gasteiger partial charge in [0.2, 0.25) is 0 Å². The van der Waals surface area contributed by atoms with E-state index in [9.17, 15) is 0 Å². The third-order valence-electron chi connectivity index (χ3n) is 5.50. The Bertz CT molecular complexity index is 578. The zero-order chi connectivity index (χ0) is 17.7. The van der Waals surface area contributed by atoms with Crippen molar-refractivity contribution in [2.24, 2.45) is 5.92 Å². The molecule has 0 fully saturated rings. The van der Waals surface area contributed by atoms with E-state index in [1.54, 1.807) is 0 Å². The van der Waals surface area contributed by atoms with Crippen LogP contribution in [-0.4, -0.2) is 0 Å². The number of benzene rings is 2. The molecule has 0 aromatic heterocycles. The Labute approximate surface area is 156 Å². The van der Waals surface area contributed by atoms with Crippen molar-refractivity contribution < 1.29 is 0 Å². The topological polar surface area (TPSA) is 0 Å². The van der Waals surface area contributed by atoms with Gasteiger partial charge in [0.1, 0.15) is 0 Å². The summed E-state index contributed by atoms with van der Waals surface area (Å²) in [7, 11) is 0. The van der Waals surface area contributed by atoms with Crippen molar-refractivity contribution in [3.63, 3.8) is 0 Å². The number of hydrogen-bond acceptors (Lipinski definition) is 0. The molecule has 0 aliphatic rings. The Kier molecular flexibility index (Phi) is 9.70. The van der Waals surface area contributed by atoms with Gasteiger partial charge in [0, 0.05) is 0 Å². The summed E-state index contributed by atoms with van der Waals surface area (Å²) >= 11 is 0. The van der Waals surface area contributed by atoms with Crippen molar-refractivity contribution in [2.45, 2.75) is 90.9 Å². The lowest BCUT2D eigenvalue weighted by atomic mass is 9.92. The van der Waals surface area contributed by atoms with Crippen LogP contribution in [0.4, 0.5) is 0 Å². The van der Waals surface area contributed by atoms with Crippen LogP contribution in [0.5, 0.6) is 0 Å². The maximum absolute atomic E-state index is 2.43. The molecule has 1 atom stereocenters. The molecule has 0 heterocycles. The minimum absolute atomic E-state index is 0.792. The predicted molar refractivity (Wildman–Crippen MR) is 113 cm³/mol. The number of hydrogen-bond donors (Lipinski definition) is 0. The van der Waals surface area contributed by atoms with Crippen LogP contribution in [-0.2, 0) is 6.42 Å². The molecule has 1 unspecified atom stereocenters. The molecule has 0 aliphatic heterocycles. The number of fused-ring (bicyclic) bond motifs is 1. The Morgan fingerprint density at radius 1 is 0.680 bits per heavy atom. The fourth-order valence-electron chi connectivity index (χ4n) is 3.93. The summed E-state index contributed by atoms with van der Waals surface area (Å²) in [6, 6.07) is 15.6.